The lowest BCUT2D eigenvalue weighted by molar-refractivity contribution is 0.0776. The van der Waals surface area contributed by atoms with Crippen LogP contribution in [0.1, 0.15) is 23.0 Å². The molecule has 0 atom stereocenters. The number of nitrogens with zero attached hydrogens (tertiary/aromatic N) is 3. The second-order valence-electron chi connectivity index (χ2n) is 4.53. The first-order valence-corrected chi connectivity index (χ1v) is 7.05. The highest BCUT2D eigenvalue weighted by Gasteiger charge is 2.18. The van der Waals surface area contributed by atoms with Crippen LogP contribution in [0, 0.1) is 0 Å². The van der Waals surface area contributed by atoms with Crippen molar-refractivity contribution in [2.75, 3.05) is 7.05 Å². The van der Waals surface area contributed by atoms with Crippen LogP contribution < -0.4 is 0 Å². The molecule has 0 saturated carbocycles. The van der Waals surface area contributed by atoms with Gasteiger partial charge in [0.25, 0.3) is 5.91 Å². The lowest BCUT2D eigenvalue weighted by atomic mass is 10.2. The van der Waals surface area contributed by atoms with Gasteiger partial charge in [-0.1, -0.05) is 0 Å². The number of halogens is 1. The lowest BCUT2D eigenvalue weighted by Crippen LogP contribution is -2.27. The maximum atomic E-state index is 12.2. The summed E-state index contributed by atoms with van der Waals surface area (Å²) in [4.78, 5) is 17.7. The van der Waals surface area contributed by atoms with Crippen molar-refractivity contribution in [3.05, 3.63) is 46.5 Å². The fourth-order valence-corrected chi connectivity index (χ4v) is 2.22. The first kappa shape index (κ1) is 14.6. The molecule has 1 N–H and O–H groups in total. The molecule has 106 valence electrons. The van der Waals surface area contributed by atoms with E-state index in [1.165, 1.54) is 17.2 Å². The maximum absolute atomic E-state index is 12.2. The molecule has 2 heterocycles. The molecule has 0 aliphatic carbocycles. The Balaban J connectivity index is 2.12. The number of carbonyl (C=O) groups excluding carboxylic acids is 1. The number of aromatic hydroxyl groups is 1. The summed E-state index contributed by atoms with van der Waals surface area (Å²) in [6.07, 6.45) is 5.47. The normalized spacial score (nSPS) is 10.6. The van der Waals surface area contributed by atoms with Crippen molar-refractivity contribution in [1.82, 2.24) is 14.5 Å². The van der Waals surface area contributed by atoms with Crippen LogP contribution in [0.5, 0.6) is 5.75 Å². The van der Waals surface area contributed by atoms with Crippen LogP contribution in [-0.2, 0) is 13.1 Å². The molecule has 0 unspecified atom stereocenters. The quantitative estimate of drug-likeness (QED) is 0.932. The van der Waals surface area contributed by atoms with E-state index in [2.05, 4.69) is 27.8 Å². The van der Waals surface area contributed by atoms with Crippen molar-refractivity contribution in [3.63, 3.8) is 0 Å². The van der Waals surface area contributed by atoms with Gasteiger partial charge in [-0.05, 0) is 40.5 Å². The smallest absolute Gasteiger partial charge is 0.276 e. The predicted octanol–water partition coefficient (Wildman–Crippen LogP) is 2.64. The van der Waals surface area contributed by atoms with E-state index in [0.29, 0.717) is 11.0 Å². The Hall–Kier alpha value is -1.82. The molecule has 0 radical (unpaired) electrons. The fraction of sp³-hybridized carbons (Fsp3) is 0.286. The van der Waals surface area contributed by atoms with Gasteiger partial charge >= 0.3 is 0 Å². The number of pyridine rings is 1. The standard InChI is InChI=1S/C14H16BrN3O2/c1-3-18-5-4-10(9-18)8-17(2)14(20)13-12(19)6-11(15)7-16-13/h4-7,9,19H,3,8H2,1-2H3. The van der Waals surface area contributed by atoms with E-state index in [4.69, 9.17) is 0 Å². The summed E-state index contributed by atoms with van der Waals surface area (Å²) in [6, 6.07) is 3.43. The summed E-state index contributed by atoms with van der Waals surface area (Å²) < 4.78 is 2.68. The van der Waals surface area contributed by atoms with Gasteiger partial charge < -0.3 is 14.6 Å². The second kappa shape index (κ2) is 6.09. The van der Waals surface area contributed by atoms with Gasteiger partial charge in [0, 0.05) is 43.2 Å². The molecular weight excluding hydrogens is 322 g/mol. The molecule has 0 aliphatic rings. The average molecular weight is 338 g/mol. The first-order valence-electron chi connectivity index (χ1n) is 6.26. The molecule has 0 fully saturated rings. The maximum Gasteiger partial charge on any atom is 0.276 e. The summed E-state index contributed by atoms with van der Waals surface area (Å²) >= 11 is 3.20. The Morgan fingerprint density at radius 1 is 1.55 bits per heavy atom. The second-order valence-corrected chi connectivity index (χ2v) is 5.45. The van der Waals surface area contributed by atoms with E-state index >= 15 is 0 Å². The molecule has 20 heavy (non-hydrogen) atoms. The van der Waals surface area contributed by atoms with Gasteiger partial charge in [-0.15, -0.1) is 0 Å². The number of aryl methyl sites for hydroxylation is 1. The van der Waals surface area contributed by atoms with E-state index in [1.54, 1.807) is 7.05 Å². The number of hydrogen-bond acceptors (Lipinski definition) is 3. The van der Waals surface area contributed by atoms with Crippen molar-refractivity contribution < 1.29 is 9.90 Å². The highest BCUT2D eigenvalue weighted by molar-refractivity contribution is 9.10. The molecule has 0 spiro atoms. The number of rotatable bonds is 4. The first-order chi connectivity index (χ1) is 9.51. The zero-order chi connectivity index (χ0) is 14.7. The van der Waals surface area contributed by atoms with Crippen LogP contribution in [0.2, 0.25) is 0 Å². The zero-order valence-corrected chi connectivity index (χ0v) is 13.0. The van der Waals surface area contributed by atoms with Gasteiger partial charge in [0.15, 0.2) is 5.69 Å². The van der Waals surface area contributed by atoms with Gasteiger partial charge in [-0.25, -0.2) is 4.98 Å². The molecule has 0 aromatic carbocycles. The van der Waals surface area contributed by atoms with E-state index in [0.717, 1.165) is 12.1 Å². The average Bonchev–Trinajstić information content (AvgIpc) is 2.85. The Morgan fingerprint density at radius 2 is 2.30 bits per heavy atom. The highest BCUT2D eigenvalue weighted by atomic mass is 79.9. The number of hydrogen-bond donors (Lipinski definition) is 1. The van der Waals surface area contributed by atoms with Crippen LogP contribution in [-0.4, -0.2) is 32.5 Å². The van der Waals surface area contributed by atoms with Crippen molar-refractivity contribution >= 4 is 21.8 Å². The molecular formula is C14H16BrN3O2. The van der Waals surface area contributed by atoms with Gasteiger partial charge in [0.2, 0.25) is 0 Å². The Bertz CT molecular complexity index is 625. The van der Waals surface area contributed by atoms with Crippen molar-refractivity contribution in [3.8, 4) is 5.75 Å². The minimum absolute atomic E-state index is 0.0608. The third kappa shape index (κ3) is 3.19. The van der Waals surface area contributed by atoms with Crippen LogP contribution in [0.4, 0.5) is 0 Å². The van der Waals surface area contributed by atoms with Crippen molar-refractivity contribution in [2.45, 2.75) is 20.0 Å². The van der Waals surface area contributed by atoms with Crippen LogP contribution in [0.15, 0.2) is 35.2 Å². The SMILES string of the molecule is CCn1ccc(CN(C)C(=O)c2ncc(Br)cc2O)c1. The Labute approximate surface area is 126 Å². The minimum atomic E-state index is -0.306. The number of amides is 1. The number of aromatic nitrogens is 2. The summed E-state index contributed by atoms with van der Waals surface area (Å²) in [5, 5.41) is 9.77. The molecule has 2 aromatic rings. The molecule has 6 heteroatoms. The summed E-state index contributed by atoms with van der Waals surface area (Å²) in [7, 11) is 1.69. The highest BCUT2D eigenvalue weighted by Crippen LogP contribution is 2.21. The van der Waals surface area contributed by atoms with Crippen molar-refractivity contribution in [2.24, 2.45) is 0 Å². The van der Waals surface area contributed by atoms with Crippen molar-refractivity contribution in [1.29, 1.82) is 0 Å². The van der Waals surface area contributed by atoms with Gasteiger partial charge in [-0.2, -0.15) is 0 Å². The topological polar surface area (TPSA) is 58.4 Å². The molecule has 2 aromatic heterocycles. The van der Waals surface area contributed by atoms with E-state index < -0.39 is 0 Å². The minimum Gasteiger partial charge on any atom is -0.505 e. The van der Waals surface area contributed by atoms with Crippen LogP contribution >= 0.6 is 15.9 Å². The summed E-state index contributed by atoms with van der Waals surface area (Å²) in [5.74, 6) is -0.429. The predicted molar refractivity (Wildman–Crippen MR) is 79.5 cm³/mol. The Kier molecular flexibility index (Phi) is 4.44. The molecule has 0 bridgehead atoms. The molecule has 5 nitrogen and oxygen atoms in total. The van der Waals surface area contributed by atoms with E-state index in [-0.39, 0.29) is 17.4 Å². The third-order valence-electron chi connectivity index (χ3n) is 2.98. The molecule has 2 rings (SSSR count). The summed E-state index contributed by atoms with van der Waals surface area (Å²) in [6.45, 7) is 3.43. The van der Waals surface area contributed by atoms with E-state index in [1.807, 2.05) is 23.0 Å². The third-order valence-corrected chi connectivity index (χ3v) is 3.41. The van der Waals surface area contributed by atoms with E-state index in [9.17, 15) is 9.90 Å². The van der Waals surface area contributed by atoms with Crippen LogP contribution in [0.3, 0.4) is 0 Å². The fourth-order valence-electron chi connectivity index (χ4n) is 1.90. The van der Waals surface area contributed by atoms with Gasteiger partial charge in [-0.3, -0.25) is 4.79 Å². The van der Waals surface area contributed by atoms with Crippen LogP contribution in [0.25, 0.3) is 0 Å². The lowest BCUT2D eigenvalue weighted by Gasteiger charge is -2.16. The number of carbonyl (C=O) groups is 1. The monoisotopic (exact) mass is 337 g/mol. The Morgan fingerprint density at radius 3 is 2.90 bits per heavy atom. The molecule has 0 saturated heterocycles. The zero-order valence-electron chi connectivity index (χ0n) is 11.4. The largest absolute Gasteiger partial charge is 0.505 e. The summed E-state index contributed by atoms with van der Waals surface area (Å²) in [5.41, 5.74) is 1.10. The van der Waals surface area contributed by atoms with Gasteiger partial charge in [0.05, 0.1) is 0 Å². The molecule has 0 aliphatic heterocycles. The van der Waals surface area contributed by atoms with Gasteiger partial charge in [0.1, 0.15) is 5.75 Å². The molecule has 1 amide bonds.